The number of aromatic nitrogens is 4. The van der Waals surface area contributed by atoms with E-state index in [0.717, 1.165) is 36.6 Å². The first-order chi connectivity index (χ1) is 15.5. The summed E-state index contributed by atoms with van der Waals surface area (Å²) in [6.45, 7) is 4.09. The number of hydrogen-bond donors (Lipinski definition) is 0. The van der Waals surface area contributed by atoms with Gasteiger partial charge in [-0.1, -0.05) is 29.5 Å². The molecule has 2 atom stereocenters. The number of hydrogen-bond acceptors (Lipinski definition) is 7. The van der Waals surface area contributed by atoms with Crippen LogP contribution in [-0.2, 0) is 4.79 Å². The number of likely N-dealkylation sites (tertiary alicyclic amines) is 1. The van der Waals surface area contributed by atoms with Gasteiger partial charge in [-0.15, -0.1) is 5.10 Å². The Morgan fingerprint density at radius 2 is 2.03 bits per heavy atom. The van der Waals surface area contributed by atoms with Crippen molar-refractivity contribution in [2.75, 3.05) is 37.9 Å². The minimum absolute atomic E-state index is 0.0986. The average Bonchev–Trinajstić information content (AvgIpc) is 3.40. The molecule has 1 amide bonds. The van der Waals surface area contributed by atoms with Crippen molar-refractivity contribution >= 4 is 23.4 Å². The Morgan fingerprint density at radius 1 is 1.22 bits per heavy atom. The number of fused-ring (bicyclic) bond motifs is 3. The van der Waals surface area contributed by atoms with Crippen LogP contribution in [0.1, 0.15) is 23.5 Å². The zero-order valence-corrected chi connectivity index (χ0v) is 19.2. The fourth-order valence-electron chi connectivity index (χ4n) is 4.76. The molecule has 0 radical (unpaired) electrons. The largest absolute Gasteiger partial charge is 0.497 e. The lowest BCUT2D eigenvalue weighted by Gasteiger charge is -2.36. The van der Waals surface area contributed by atoms with Gasteiger partial charge in [-0.25, -0.2) is 0 Å². The second kappa shape index (κ2) is 8.55. The van der Waals surface area contributed by atoms with E-state index in [1.807, 2.05) is 29.2 Å². The Labute approximate surface area is 191 Å². The van der Waals surface area contributed by atoms with Crippen LogP contribution in [-0.4, -0.2) is 70.1 Å². The fourth-order valence-corrected chi connectivity index (χ4v) is 5.51. The van der Waals surface area contributed by atoms with Gasteiger partial charge in [-0.3, -0.25) is 4.79 Å². The van der Waals surface area contributed by atoms with Crippen molar-refractivity contribution in [2.24, 2.45) is 0 Å². The molecule has 9 heteroatoms. The maximum absolute atomic E-state index is 13.5. The zero-order chi connectivity index (χ0) is 22.2. The first-order valence-corrected chi connectivity index (χ1v) is 11.7. The summed E-state index contributed by atoms with van der Waals surface area (Å²) in [5.41, 5.74) is 4.41. The first-order valence-electron chi connectivity index (χ1n) is 10.7. The van der Waals surface area contributed by atoms with Crippen LogP contribution >= 0.6 is 11.8 Å². The van der Waals surface area contributed by atoms with E-state index in [0.29, 0.717) is 11.1 Å². The van der Waals surface area contributed by atoms with Crippen molar-refractivity contribution in [3.8, 4) is 11.4 Å². The Bertz CT molecular complexity index is 1130. The molecule has 1 saturated heterocycles. The lowest BCUT2D eigenvalue weighted by atomic mass is 9.89. The van der Waals surface area contributed by atoms with E-state index in [2.05, 4.69) is 52.6 Å². The Kier molecular flexibility index (Phi) is 5.60. The summed E-state index contributed by atoms with van der Waals surface area (Å²) < 4.78 is 6.87. The molecule has 166 valence electrons. The molecule has 5 rings (SSSR count). The Hall–Kier alpha value is -2.91. The number of ether oxygens (including phenoxy) is 1. The molecule has 3 heterocycles. The first kappa shape index (κ1) is 21.0. The standard InChI is InChI=1S/C23H26N6O2S/c1-15-4-9-20-18(12-15)19-13-27(2)11-10-21(19)28(20)22(30)14-32-23-24-25-26-29(23)16-5-7-17(31-3)8-6-16/h4-9,12,19,21H,10-11,13-14H2,1-3H3/t19-,21-/m0/s1. The number of carbonyl (C=O) groups is 1. The molecule has 2 aromatic carbocycles. The third-order valence-corrected chi connectivity index (χ3v) is 7.21. The van der Waals surface area contributed by atoms with Crippen molar-refractivity contribution in [3.05, 3.63) is 53.6 Å². The molecule has 0 N–H and O–H groups in total. The van der Waals surface area contributed by atoms with E-state index >= 15 is 0 Å². The highest BCUT2D eigenvalue weighted by molar-refractivity contribution is 7.99. The van der Waals surface area contributed by atoms with Gasteiger partial charge in [0.2, 0.25) is 11.1 Å². The predicted molar refractivity (Wildman–Crippen MR) is 124 cm³/mol. The van der Waals surface area contributed by atoms with E-state index in [1.54, 1.807) is 11.8 Å². The van der Waals surface area contributed by atoms with Gasteiger partial charge >= 0.3 is 0 Å². The van der Waals surface area contributed by atoms with Crippen LogP contribution in [0, 0.1) is 6.92 Å². The molecule has 1 aromatic heterocycles. The van der Waals surface area contributed by atoms with E-state index in [1.165, 1.54) is 22.9 Å². The maximum Gasteiger partial charge on any atom is 0.237 e. The molecular formula is C23H26N6O2S. The normalized spacial score (nSPS) is 20.2. The van der Waals surface area contributed by atoms with Crippen molar-refractivity contribution in [1.29, 1.82) is 0 Å². The van der Waals surface area contributed by atoms with Gasteiger partial charge < -0.3 is 14.5 Å². The maximum atomic E-state index is 13.5. The monoisotopic (exact) mass is 450 g/mol. The number of aryl methyl sites for hydroxylation is 1. The van der Waals surface area contributed by atoms with E-state index in [9.17, 15) is 4.79 Å². The quantitative estimate of drug-likeness (QED) is 0.553. The number of nitrogens with zero attached hydrogens (tertiary/aromatic N) is 6. The third-order valence-electron chi connectivity index (χ3n) is 6.30. The lowest BCUT2D eigenvalue weighted by molar-refractivity contribution is -0.116. The number of benzene rings is 2. The number of methoxy groups -OCH3 is 1. The van der Waals surface area contributed by atoms with E-state index < -0.39 is 0 Å². The van der Waals surface area contributed by atoms with E-state index in [-0.39, 0.29) is 17.7 Å². The lowest BCUT2D eigenvalue weighted by Crippen LogP contribution is -2.47. The summed E-state index contributed by atoms with van der Waals surface area (Å²) in [6, 6.07) is 14.2. The summed E-state index contributed by atoms with van der Waals surface area (Å²) in [5, 5.41) is 12.6. The van der Waals surface area contributed by atoms with Crippen molar-refractivity contribution in [3.63, 3.8) is 0 Å². The Morgan fingerprint density at radius 3 is 2.81 bits per heavy atom. The molecule has 3 aromatic rings. The van der Waals surface area contributed by atoms with Gasteiger partial charge in [0.15, 0.2) is 0 Å². The highest BCUT2D eigenvalue weighted by Gasteiger charge is 2.43. The van der Waals surface area contributed by atoms with E-state index in [4.69, 9.17) is 4.74 Å². The molecule has 2 aliphatic heterocycles. The number of carbonyl (C=O) groups excluding carboxylic acids is 1. The van der Waals surface area contributed by atoms with Gasteiger partial charge in [0, 0.05) is 24.2 Å². The smallest absolute Gasteiger partial charge is 0.237 e. The predicted octanol–water partition coefficient (Wildman–Crippen LogP) is 2.91. The van der Waals surface area contributed by atoms with Crippen molar-refractivity contribution in [1.82, 2.24) is 25.1 Å². The molecule has 0 saturated carbocycles. The number of piperidine rings is 1. The van der Waals surface area contributed by atoms with Gasteiger partial charge in [0.25, 0.3) is 0 Å². The summed E-state index contributed by atoms with van der Waals surface area (Å²) in [7, 11) is 3.79. The third kappa shape index (κ3) is 3.75. The van der Waals surface area contributed by atoms with Crippen molar-refractivity contribution in [2.45, 2.75) is 30.5 Å². The second-order valence-electron chi connectivity index (χ2n) is 8.41. The number of anilines is 1. The van der Waals surface area contributed by atoms with Crippen LogP contribution in [0.2, 0.25) is 0 Å². The number of rotatable bonds is 5. The minimum atomic E-state index is 0.0986. The molecule has 0 unspecified atom stereocenters. The van der Waals surface area contributed by atoms with Gasteiger partial charge in [0.1, 0.15) is 5.75 Å². The summed E-state index contributed by atoms with van der Waals surface area (Å²) in [5.74, 6) is 1.51. The molecule has 0 spiro atoms. The van der Waals surface area contributed by atoms with Crippen LogP contribution in [0.3, 0.4) is 0 Å². The minimum Gasteiger partial charge on any atom is -0.497 e. The zero-order valence-electron chi connectivity index (χ0n) is 18.4. The van der Waals surface area contributed by atoms with Crippen LogP contribution < -0.4 is 9.64 Å². The number of amides is 1. The van der Waals surface area contributed by atoms with Crippen LogP contribution in [0.25, 0.3) is 5.69 Å². The number of likely N-dealkylation sites (N-methyl/N-ethyl adjacent to an activating group) is 1. The Balaban J connectivity index is 1.35. The van der Waals surface area contributed by atoms with Gasteiger partial charge in [0.05, 0.1) is 18.6 Å². The second-order valence-corrected chi connectivity index (χ2v) is 9.35. The molecule has 0 aliphatic carbocycles. The molecule has 32 heavy (non-hydrogen) atoms. The molecule has 0 bridgehead atoms. The average molecular weight is 451 g/mol. The summed E-state index contributed by atoms with van der Waals surface area (Å²) in [4.78, 5) is 17.8. The van der Waals surface area contributed by atoms with Crippen LogP contribution in [0.15, 0.2) is 47.6 Å². The fraction of sp³-hybridized carbons (Fsp3) is 0.391. The molecule has 8 nitrogen and oxygen atoms in total. The highest BCUT2D eigenvalue weighted by Crippen LogP contribution is 2.45. The van der Waals surface area contributed by atoms with Crippen LogP contribution in [0.5, 0.6) is 5.75 Å². The molecule has 2 aliphatic rings. The number of tetrazole rings is 1. The topological polar surface area (TPSA) is 76.4 Å². The molecular weight excluding hydrogens is 424 g/mol. The number of thioether (sulfide) groups is 1. The summed E-state index contributed by atoms with van der Waals surface area (Å²) in [6.07, 6.45) is 0.981. The highest BCUT2D eigenvalue weighted by atomic mass is 32.2. The van der Waals surface area contributed by atoms with Gasteiger partial charge in [-0.2, -0.15) is 4.68 Å². The summed E-state index contributed by atoms with van der Waals surface area (Å²) >= 11 is 1.37. The van der Waals surface area contributed by atoms with Gasteiger partial charge in [-0.05, 0) is 73.3 Å². The van der Waals surface area contributed by atoms with Crippen molar-refractivity contribution < 1.29 is 9.53 Å². The SMILES string of the molecule is COc1ccc(-n2nnnc2SCC(=O)N2c3ccc(C)cc3[C@@H]3CN(C)CC[C@@H]32)cc1. The molecule has 1 fully saturated rings. The van der Waals surface area contributed by atoms with Crippen LogP contribution in [0.4, 0.5) is 5.69 Å².